The largest absolute Gasteiger partial charge is 0.461 e. The van der Waals surface area contributed by atoms with E-state index in [1.54, 1.807) is 67.2 Å². The van der Waals surface area contributed by atoms with Crippen molar-refractivity contribution in [1.29, 1.82) is 0 Å². The molecule has 1 amide bonds. The predicted octanol–water partition coefficient (Wildman–Crippen LogP) is 2.89. The molecule has 0 N–H and O–H groups in total. The second kappa shape index (κ2) is 19.0. The molecule has 13 heteroatoms. The van der Waals surface area contributed by atoms with Crippen LogP contribution in [0.25, 0.3) is 0 Å². The molecule has 0 radical (unpaired) electrons. The fraction of sp³-hybridized carbons (Fsp3) is 0.694. The zero-order valence-electron chi connectivity index (χ0n) is 31.0. The smallest absolute Gasteiger partial charge is 0.324 e. The van der Waals surface area contributed by atoms with Gasteiger partial charge in [-0.2, -0.15) is 0 Å². The zero-order chi connectivity index (χ0) is 36.8. The van der Waals surface area contributed by atoms with Gasteiger partial charge in [-0.25, -0.2) is 0 Å². The van der Waals surface area contributed by atoms with Gasteiger partial charge in [0.15, 0.2) is 0 Å². The van der Waals surface area contributed by atoms with Gasteiger partial charge in [0.2, 0.25) is 6.41 Å². The second-order valence-electron chi connectivity index (χ2n) is 15.3. The van der Waals surface area contributed by atoms with E-state index in [1.165, 1.54) is 0 Å². The molecule has 0 spiro atoms. The van der Waals surface area contributed by atoms with Crippen LogP contribution in [0, 0.1) is 0 Å². The minimum atomic E-state index is -1.01. The third-order valence-electron chi connectivity index (χ3n) is 7.23. The van der Waals surface area contributed by atoms with Crippen molar-refractivity contribution in [3.63, 3.8) is 0 Å². The molecule has 0 aliphatic carbocycles. The number of nitrogens with zero attached hydrogens (tertiary/aromatic N) is 4. The highest BCUT2D eigenvalue weighted by atomic mass is 16.6. The quantitative estimate of drug-likeness (QED) is 0.192. The first-order valence-corrected chi connectivity index (χ1v) is 17.0. The fourth-order valence-corrected chi connectivity index (χ4v) is 5.06. The Balaban J connectivity index is 2.41. The number of hydrogen-bond donors (Lipinski definition) is 0. The number of hydrogen-bond acceptors (Lipinski definition) is 12. The van der Waals surface area contributed by atoms with Crippen LogP contribution in [-0.4, -0.2) is 138 Å². The van der Waals surface area contributed by atoms with Crippen molar-refractivity contribution in [2.45, 2.75) is 98.2 Å². The van der Waals surface area contributed by atoms with Crippen molar-refractivity contribution in [2.75, 3.05) is 65.4 Å². The van der Waals surface area contributed by atoms with Crippen molar-refractivity contribution in [3.8, 4) is 0 Å². The molecule has 0 saturated carbocycles. The van der Waals surface area contributed by atoms with Crippen LogP contribution in [0.2, 0.25) is 0 Å². The van der Waals surface area contributed by atoms with Gasteiger partial charge in [-0.1, -0.05) is 30.3 Å². The molecule has 276 valence electrons. The summed E-state index contributed by atoms with van der Waals surface area (Å²) in [5, 5.41) is 0. The molecule has 1 aromatic carbocycles. The number of rotatable bonds is 11. The predicted molar refractivity (Wildman–Crippen MR) is 184 cm³/mol. The monoisotopic (exact) mass is 690 g/mol. The molecule has 1 aliphatic heterocycles. The molecule has 1 heterocycles. The second-order valence-corrected chi connectivity index (χ2v) is 15.3. The third-order valence-corrected chi connectivity index (χ3v) is 7.23. The van der Waals surface area contributed by atoms with Gasteiger partial charge in [0.05, 0.1) is 19.5 Å². The first-order chi connectivity index (χ1) is 22.7. The lowest BCUT2D eigenvalue weighted by molar-refractivity contribution is -0.166. The molecular weight excluding hydrogens is 632 g/mol. The van der Waals surface area contributed by atoms with Crippen LogP contribution in [-0.2, 0) is 49.5 Å². The molecule has 1 unspecified atom stereocenters. The van der Waals surface area contributed by atoms with E-state index in [0.29, 0.717) is 39.3 Å². The van der Waals surface area contributed by atoms with Crippen molar-refractivity contribution >= 4 is 30.3 Å². The van der Waals surface area contributed by atoms with E-state index in [2.05, 4.69) is 0 Å². The lowest BCUT2D eigenvalue weighted by atomic mass is 10.1. The maximum absolute atomic E-state index is 13.8. The van der Waals surface area contributed by atoms with E-state index in [9.17, 15) is 24.0 Å². The normalized spacial score (nSPS) is 17.2. The van der Waals surface area contributed by atoms with Gasteiger partial charge in [-0.15, -0.1) is 0 Å². The first kappa shape index (κ1) is 41.6. The van der Waals surface area contributed by atoms with Crippen molar-refractivity contribution in [3.05, 3.63) is 35.9 Å². The Labute approximate surface area is 292 Å². The number of carbonyl (C=O) groups is 5. The zero-order valence-corrected chi connectivity index (χ0v) is 31.0. The van der Waals surface area contributed by atoms with Gasteiger partial charge in [0.1, 0.15) is 29.5 Å². The average molecular weight is 691 g/mol. The molecule has 1 fully saturated rings. The van der Waals surface area contributed by atoms with E-state index in [4.69, 9.17) is 18.9 Å². The highest BCUT2D eigenvalue weighted by Crippen LogP contribution is 2.17. The minimum Gasteiger partial charge on any atom is -0.461 e. The van der Waals surface area contributed by atoms with E-state index >= 15 is 0 Å². The van der Waals surface area contributed by atoms with Crippen LogP contribution < -0.4 is 0 Å². The van der Waals surface area contributed by atoms with Crippen molar-refractivity contribution < 1.29 is 42.9 Å². The van der Waals surface area contributed by atoms with Crippen LogP contribution in [0.4, 0.5) is 0 Å². The minimum absolute atomic E-state index is 0.0290. The summed E-state index contributed by atoms with van der Waals surface area (Å²) in [6, 6.07) is 8.25. The van der Waals surface area contributed by atoms with Crippen LogP contribution in [0.5, 0.6) is 0 Å². The lowest BCUT2D eigenvalue weighted by Gasteiger charge is -2.36. The van der Waals surface area contributed by atoms with E-state index in [0.717, 1.165) is 12.0 Å². The van der Waals surface area contributed by atoms with Crippen LogP contribution in [0.15, 0.2) is 30.3 Å². The highest BCUT2D eigenvalue weighted by molar-refractivity contribution is 5.83. The number of benzene rings is 1. The third kappa shape index (κ3) is 18.1. The van der Waals surface area contributed by atoms with Crippen molar-refractivity contribution in [1.82, 2.24) is 19.6 Å². The van der Waals surface area contributed by atoms with Crippen molar-refractivity contribution in [2.24, 2.45) is 0 Å². The standard InChI is InChI=1S/C36H58N4O9/c1-34(2,3)47-31(43)24-37-15-17-39(27-41)18-16-38(25-32(44)48-35(4,5)6)20-22-40(21-19-37)29(33(45)49-36(7,8)9)23-30(42)46-26-28-13-11-10-12-14-28/h10-14,27,29H,15-26H2,1-9H3. The molecule has 2 rings (SSSR count). The van der Waals surface area contributed by atoms with Gasteiger partial charge in [-0.05, 0) is 67.9 Å². The van der Waals surface area contributed by atoms with Crippen LogP contribution in [0.1, 0.15) is 74.3 Å². The molecule has 1 aromatic rings. The number of ether oxygens (including phenoxy) is 4. The molecule has 0 bridgehead atoms. The van der Waals surface area contributed by atoms with Gasteiger partial charge in [0.25, 0.3) is 0 Å². The Kier molecular flexibility index (Phi) is 16.1. The molecule has 49 heavy (non-hydrogen) atoms. The summed E-state index contributed by atoms with van der Waals surface area (Å²) in [6.45, 7) is 18.6. The summed E-state index contributed by atoms with van der Waals surface area (Å²) in [4.78, 5) is 71.9. The summed E-state index contributed by atoms with van der Waals surface area (Å²) < 4.78 is 22.5. The Morgan fingerprint density at radius 2 is 1.10 bits per heavy atom. The first-order valence-electron chi connectivity index (χ1n) is 17.0. The van der Waals surface area contributed by atoms with Gasteiger partial charge in [-0.3, -0.25) is 38.7 Å². The van der Waals surface area contributed by atoms with E-state index in [1.807, 2.05) is 45.0 Å². The Morgan fingerprint density at radius 3 is 1.53 bits per heavy atom. The summed E-state index contributed by atoms with van der Waals surface area (Å²) >= 11 is 0. The Morgan fingerprint density at radius 1 is 0.653 bits per heavy atom. The maximum atomic E-state index is 13.8. The average Bonchev–Trinajstić information content (AvgIpc) is 2.95. The summed E-state index contributed by atoms with van der Waals surface area (Å²) in [5.41, 5.74) is -1.36. The van der Waals surface area contributed by atoms with Crippen LogP contribution in [0.3, 0.4) is 0 Å². The molecule has 1 aliphatic rings. The Bertz CT molecular complexity index is 1180. The maximum Gasteiger partial charge on any atom is 0.324 e. The number of esters is 4. The molecule has 1 atom stereocenters. The Hall–Kier alpha value is -3.55. The molecule has 13 nitrogen and oxygen atoms in total. The van der Waals surface area contributed by atoms with Gasteiger partial charge in [0, 0.05) is 52.4 Å². The number of amides is 1. The lowest BCUT2D eigenvalue weighted by Crippen LogP contribution is -2.53. The van der Waals surface area contributed by atoms with Gasteiger partial charge < -0.3 is 23.8 Å². The summed E-state index contributed by atoms with van der Waals surface area (Å²) in [7, 11) is 0. The van der Waals surface area contributed by atoms with Crippen LogP contribution >= 0.6 is 0 Å². The molecular formula is C36H58N4O9. The SMILES string of the molecule is CC(C)(C)OC(=O)CN1CCN(C=O)CCN(CC(=O)OC(C)(C)C)CCN(C(CC(=O)OCc2ccccc2)C(=O)OC(C)(C)C)CC1. The summed E-state index contributed by atoms with van der Waals surface area (Å²) in [5.74, 6) is -1.98. The van der Waals surface area contributed by atoms with E-state index in [-0.39, 0.29) is 39.2 Å². The summed E-state index contributed by atoms with van der Waals surface area (Å²) in [6.07, 6.45) is 0.494. The molecule has 0 aromatic heterocycles. The van der Waals surface area contributed by atoms with E-state index < -0.39 is 46.7 Å². The van der Waals surface area contributed by atoms with Gasteiger partial charge >= 0.3 is 23.9 Å². The molecule has 1 saturated heterocycles. The highest BCUT2D eigenvalue weighted by Gasteiger charge is 2.34. The number of carbonyl (C=O) groups excluding carboxylic acids is 5. The topological polar surface area (TPSA) is 135 Å². The fourth-order valence-electron chi connectivity index (χ4n) is 5.06.